The summed E-state index contributed by atoms with van der Waals surface area (Å²) in [5.41, 5.74) is 0. The zero-order chi connectivity index (χ0) is 9.68. The van der Waals surface area contributed by atoms with E-state index >= 15 is 0 Å². The Morgan fingerprint density at radius 2 is 2.23 bits per heavy atom. The maximum absolute atomic E-state index is 3.79. The van der Waals surface area contributed by atoms with Gasteiger partial charge in [-0.15, -0.1) is 6.58 Å². The largest absolute Gasteiger partial charge is 0.313 e. The second kappa shape index (κ2) is 5.40. The van der Waals surface area contributed by atoms with Crippen molar-refractivity contribution in [1.82, 2.24) is 10.2 Å². The summed E-state index contributed by atoms with van der Waals surface area (Å²) in [6, 6.07) is 1.46. The van der Waals surface area contributed by atoms with Gasteiger partial charge in [0.2, 0.25) is 0 Å². The smallest absolute Gasteiger partial charge is 0.0164 e. The van der Waals surface area contributed by atoms with E-state index in [1.807, 2.05) is 6.08 Å². The maximum Gasteiger partial charge on any atom is 0.0164 e. The van der Waals surface area contributed by atoms with Crippen LogP contribution in [0.3, 0.4) is 0 Å². The Bertz CT molecular complexity index is 150. The number of hydrogen-bond acceptors (Lipinski definition) is 2. The van der Waals surface area contributed by atoms with Crippen molar-refractivity contribution in [2.24, 2.45) is 0 Å². The van der Waals surface area contributed by atoms with E-state index < -0.39 is 0 Å². The minimum atomic E-state index is 0.602. The summed E-state index contributed by atoms with van der Waals surface area (Å²) in [5, 5.41) is 3.44. The fraction of sp³-hybridized carbons (Fsp3) is 0.818. The molecule has 1 aliphatic carbocycles. The molecule has 0 radical (unpaired) electrons. The fourth-order valence-electron chi connectivity index (χ4n) is 1.53. The molecule has 0 atom stereocenters. The number of nitrogens with zero attached hydrogens (tertiary/aromatic N) is 1. The zero-order valence-corrected chi connectivity index (χ0v) is 8.92. The van der Waals surface area contributed by atoms with E-state index in [1.54, 1.807) is 0 Å². The summed E-state index contributed by atoms with van der Waals surface area (Å²) in [6.45, 7) is 11.5. The van der Waals surface area contributed by atoms with E-state index in [0.717, 1.165) is 25.7 Å². The minimum absolute atomic E-state index is 0.602. The van der Waals surface area contributed by atoms with Crippen LogP contribution in [0.15, 0.2) is 12.7 Å². The summed E-state index contributed by atoms with van der Waals surface area (Å²) in [5.74, 6) is 0. The molecular weight excluding hydrogens is 160 g/mol. The molecule has 2 nitrogen and oxygen atoms in total. The Hall–Kier alpha value is -0.340. The van der Waals surface area contributed by atoms with E-state index in [1.165, 1.54) is 12.8 Å². The summed E-state index contributed by atoms with van der Waals surface area (Å²) in [7, 11) is 0. The third-order valence-electron chi connectivity index (χ3n) is 2.38. The Morgan fingerprint density at radius 1 is 1.54 bits per heavy atom. The predicted octanol–water partition coefficient (Wildman–Crippen LogP) is 1.63. The SMILES string of the molecule is C=CCN(CCNC(C)C)C1CC1. The lowest BCUT2D eigenvalue weighted by molar-refractivity contribution is 0.288. The number of hydrogen-bond donors (Lipinski definition) is 1. The van der Waals surface area contributed by atoms with Crippen LogP contribution in [0.2, 0.25) is 0 Å². The Balaban J connectivity index is 2.10. The van der Waals surface area contributed by atoms with Gasteiger partial charge >= 0.3 is 0 Å². The highest BCUT2D eigenvalue weighted by molar-refractivity contribution is 4.88. The Morgan fingerprint density at radius 3 is 2.69 bits per heavy atom. The van der Waals surface area contributed by atoms with Crippen molar-refractivity contribution < 1.29 is 0 Å². The third kappa shape index (κ3) is 4.44. The van der Waals surface area contributed by atoms with Crippen molar-refractivity contribution in [3.8, 4) is 0 Å². The van der Waals surface area contributed by atoms with Gasteiger partial charge in [-0.1, -0.05) is 19.9 Å². The Labute approximate surface area is 82.0 Å². The van der Waals surface area contributed by atoms with Crippen LogP contribution in [-0.4, -0.2) is 36.6 Å². The van der Waals surface area contributed by atoms with Crippen LogP contribution in [0.25, 0.3) is 0 Å². The van der Waals surface area contributed by atoms with Gasteiger partial charge in [0.05, 0.1) is 0 Å². The number of nitrogens with one attached hydrogen (secondary N) is 1. The molecule has 0 bridgehead atoms. The molecule has 0 aromatic heterocycles. The third-order valence-corrected chi connectivity index (χ3v) is 2.38. The van der Waals surface area contributed by atoms with Crippen LogP contribution in [-0.2, 0) is 0 Å². The lowest BCUT2D eigenvalue weighted by Gasteiger charge is -2.20. The lowest BCUT2D eigenvalue weighted by atomic mass is 10.3. The van der Waals surface area contributed by atoms with Crippen LogP contribution < -0.4 is 5.32 Å². The standard InChI is InChI=1S/C11H22N2/c1-4-8-13(11-5-6-11)9-7-12-10(2)3/h4,10-12H,1,5-9H2,2-3H3. The molecule has 0 aromatic rings. The monoisotopic (exact) mass is 182 g/mol. The molecule has 0 unspecified atom stereocenters. The highest BCUT2D eigenvalue weighted by Gasteiger charge is 2.27. The van der Waals surface area contributed by atoms with E-state index in [4.69, 9.17) is 0 Å². The van der Waals surface area contributed by atoms with E-state index in [-0.39, 0.29) is 0 Å². The van der Waals surface area contributed by atoms with Crippen molar-refractivity contribution in [2.45, 2.75) is 38.8 Å². The average Bonchev–Trinajstić information content (AvgIpc) is 2.84. The quantitative estimate of drug-likeness (QED) is 0.602. The molecule has 1 aliphatic rings. The van der Waals surface area contributed by atoms with E-state index in [0.29, 0.717) is 6.04 Å². The lowest BCUT2D eigenvalue weighted by Crippen LogP contribution is -2.36. The zero-order valence-electron chi connectivity index (χ0n) is 8.92. The summed E-state index contributed by atoms with van der Waals surface area (Å²) >= 11 is 0. The summed E-state index contributed by atoms with van der Waals surface area (Å²) in [4.78, 5) is 2.52. The molecule has 0 heterocycles. The molecule has 2 heteroatoms. The maximum atomic E-state index is 3.79. The molecule has 1 N–H and O–H groups in total. The normalized spacial score (nSPS) is 16.9. The highest BCUT2D eigenvalue weighted by Crippen LogP contribution is 2.25. The van der Waals surface area contributed by atoms with Crippen molar-refractivity contribution in [3.05, 3.63) is 12.7 Å². The first-order valence-electron chi connectivity index (χ1n) is 5.32. The van der Waals surface area contributed by atoms with Gasteiger partial charge < -0.3 is 5.32 Å². The molecule has 1 saturated carbocycles. The Kier molecular flexibility index (Phi) is 4.46. The molecule has 0 aromatic carbocycles. The highest BCUT2D eigenvalue weighted by atomic mass is 15.2. The van der Waals surface area contributed by atoms with Gasteiger partial charge in [-0.2, -0.15) is 0 Å². The second-order valence-corrected chi connectivity index (χ2v) is 4.12. The molecule has 1 rings (SSSR count). The van der Waals surface area contributed by atoms with Crippen LogP contribution in [0.1, 0.15) is 26.7 Å². The first-order chi connectivity index (χ1) is 6.24. The van der Waals surface area contributed by atoms with E-state index in [9.17, 15) is 0 Å². The van der Waals surface area contributed by atoms with Crippen molar-refractivity contribution in [3.63, 3.8) is 0 Å². The first kappa shape index (κ1) is 10.7. The van der Waals surface area contributed by atoms with Gasteiger partial charge in [0.1, 0.15) is 0 Å². The van der Waals surface area contributed by atoms with Gasteiger partial charge in [-0.05, 0) is 12.8 Å². The molecule has 0 spiro atoms. The van der Waals surface area contributed by atoms with Crippen molar-refractivity contribution in [1.29, 1.82) is 0 Å². The molecule has 0 amide bonds. The fourth-order valence-corrected chi connectivity index (χ4v) is 1.53. The van der Waals surface area contributed by atoms with Gasteiger partial charge in [-0.3, -0.25) is 4.90 Å². The summed E-state index contributed by atoms with van der Waals surface area (Å²) < 4.78 is 0. The topological polar surface area (TPSA) is 15.3 Å². The van der Waals surface area contributed by atoms with Crippen molar-refractivity contribution >= 4 is 0 Å². The van der Waals surface area contributed by atoms with Gasteiger partial charge in [0.25, 0.3) is 0 Å². The van der Waals surface area contributed by atoms with Gasteiger partial charge in [-0.25, -0.2) is 0 Å². The average molecular weight is 182 g/mol. The minimum Gasteiger partial charge on any atom is -0.313 e. The van der Waals surface area contributed by atoms with Gasteiger partial charge in [0.15, 0.2) is 0 Å². The first-order valence-corrected chi connectivity index (χ1v) is 5.32. The van der Waals surface area contributed by atoms with Crippen LogP contribution in [0.5, 0.6) is 0 Å². The predicted molar refractivity (Wildman–Crippen MR) is 57.9 cm³/mol. The number of rotatable bonds is 7. The molecule has 1 fully saturated rings. The molecular formula is C11H22N2. The second-order valence-electron chi connectivity index (χ2n) is 4.12. The van der Waals surface area contributed by atoms with Crippen LogP contribution in [0, 0.1) is 0 Å². The van der Waals surface area contributed by atoms with Crippen LogP contribution >= 0.6 is 0 Å². The molecule has 76 valence electrons. The van der Waals surface area contributed by atoms with Crippen molar-refractivity contribution in [2.75, 3.05) is 19.6 Å². The van der Waals surface area contributed by atoms with Gasteiger partial charge in [0, 0.05) is 31.7 Å². The summed E-state index contributed by atoms with van der Waals surface area (Å²) in [6.07, 6.45) is 4.78. The molecule has 13 heavy (non-hydrogen) atoms. The molecule has 0 saturated heterocycles. The van der Waals surface area contributed by atoms with E-state index in [2.05, 4.69) is 30.6 Å². The molecule has 0 aliphatic heterocycles. The van der Waals surface area contributed by atoms with Crippen LogP contribution in [0.4, 0.5) is 0 Å².